The predicted molar refractivity (Wildman–Crippen MR) is 132 cm³/mol. The second kappa shape index (κ2) is 9.70. The zero-order valence-corrected chi connectivity index (χ0v) is 20.4. The van der Waals surface area contributed by atoms with Crippen LogP contribution in [0.5, 0.6) is 5.75 Å². The van der Waals surface area contributed by atoms with Crippen LogP contribution in [0, 0.1) is 0 Å². The number of hydrogen-bond donors (Lipinski definition) is 5. The number of anilines is 3. The Morgan fingerprint density at radius 1 is 1.18 bits per heavy atom. The summed E-state index contributed by atoms with van der Waals surface area (Å²) in [5.41, 5.74) is 0.619. The van der Waals surface area contributed by atoms with Gasteiger partial charge in [0, 0.05) is 26.2 Å². The topological polar surface area (TPSA) is 191 Å². The fourth-order valence-corrected chi connectivity index (χ4v) is 4.19. The van der Waals surface area contributed by atoms with Gasteiger partial charge in [0.25, 0.3) is 5.91 Å². The molecule has 1 saturated heterocycles. The highest BCUT2D eigenvalue weighted by atomic mass is 16.7. The molecule has 1 aromatic carbocycles. The third-order valence-electron chi connectivity index (χ3n) is 6.06. The molecule has 0 saturated carbocycles. The Balaban J connectivity index is 1.53. The summed E-state index contributed by atoms with van der Waals surface area (Å²) in [6, 6.07) is 6.36. The summed E-state index contributed by atoms with van der Waals surface area (Å²) in [4.78, 5) is 33.2. The fourth-order valence-electron chi connectivity index (χ4n) is 4.19. The monoisotopic (exact) mass is 523 g/mol. The maximum atomic E-state index is 13.0. The Morgan fingerprint density at radius 2 is 1.97 bits per heavy atom. The first-order chi connectivity index (χ1) is 18.1. The number of amides is 3. The van der Waals surface area contributed by atoms with Crippen LogP contribution >= 0.6 is 0 Å². The molecule has 3 aromatic rings. The van der Waals surface area contributed by atoms with Crippen molar-refractivity contribution in [1.82, 2.24) is 35.2 Å². The zero-order chi connectivity index (χ0) is 27.0. The zero-order valence-electron chi connectivity index (χ0n) is 20.4. The lowest BCUT2D eigenvalue weighted by atomic mass is 10.0. The number of para-hydroxylation sites is 1. The van der Waals surface area contributed by atoms with Gasteiger partial charge in [-0.25, -0.2) is 9.78 Å². The van der Waals surface area contributed by atoms with E-state index in [1.807, 2.05) is 12.2 Å². The van der Waals surface area contributed by atoms with Crippen molar-refractivity contribution in [2.24, 2.45) is 7.05 Å². The Morgan fingerprint density at radius 3 is 2.61 bits per heavy atom. The second-order valence-electron chi connectivity index (χ2n) is 8.67. The largest absolute Gasteiger partial charge is 0.494 e. The van der Waals surface area contributed by atoms with Crippen molar-refractivity contribution < 1.29 is 29.6 Å². The van der Waals surface area contributed by atoms with E-state index in [9.17, 15) is 24.9 Å². The predicted octanol–water partition coefficient (Wildman–Crippen LogP) is -0.0872. The average Bonchev–Trinajstić information content (AvgIpc) is 3.42. The van der Waals surface area contributed by atoms with Gasteiger partial charge in [0.05, 0.1) is 30.1 Å². The Bertz CT molecular complexity index is 1420. The average molecular weight is 524 g/mol. The molecule has 5 rings (SSSR count). The summed E-state index contributed by atoms with van der Waals surface area (Å²) >= 11 is 0. The summed E-state index contributed by atoms with van der Waals surface area (Å²) in [5, 5.41) is 44.7. The number of aromatic nitrogens is 5. The number of nitrogens with zero attached hydrogens (tertiary/aromatic N) is 7. The second-order valence-corrected chi connectivity index (χ2v) is 8.67. The number of rotatable bonds is 8. The number of carbonyl (C=O) groups is 2. The number of aryl methyl sites for hydroxylation is 1. The standard InChI is InChI=1S/C23H25N9O6/c1-30-12-24-20(29-30)14-7-4-8-15(19(14)38-2)25-16-11-17(27-28-18(16)21(33)26-23(35,36)37)32-10-9-31(22(32)34)13-5-3-6-13/h3-5,7-8,11-13,35-37H,6,9-10H2,1-2H3,(H,25,27)(H,26,33). The van der Waals surface area contributed by atoms with Crippen LogP contribution in [0.3, 0.4) is 0 Å². The van der Waals surface area contributed by atoms with Crippen molar-refractivity contribution in [2.75, 3.05) is 30.4 Å². The van der Waals surface area contributed by atoms with Gasteiger partial charge in [-0.05, 0) is 18.6 Å². The van der Waals surface area contributed by atoms with Crippen molar-refractivity contribution >= 4 is 29.1 Å². The highest BCUT2D eigenvalue weighted by molar-refractivity contribution is 6.00. The Labute approximate surface area is 216 Å². The van der Waals surface area contributed by atoms with E-state index in [4.69, 9.17) is 4.74 Å². The van der Waals surface area contributed by atoms with Gasteiger partial charge in [-0.15, -0.1) is 10.2 Å². The number of methoxy groups -OCH3 is 1. The molecular formula is C23H25N9O6. The summed E-state index contributed by atoms with van der Waals surface area (Å²) in [6.45, 7) is 0.857. The van der Waals surface area contributed by atoms with Crippen molar-refractivity contribution in [3.63, 3.8) is 0 Å². The maximum absolute atomic E-state index is 13.0. The third-order valence-corrected chi connectivity index (χ3v) is 6.06. The van der Waals surface area contributed by atoms with Crippen LogP contribution in [-0.2, 0) is 7.05 Å². The van der Waals surface area contributed by atoms with E-state index in [2.05, 4.69) is 25.6 Å². The van der Waals surface area contributed by atoms with Crippen LogP contribution in [0.15, 0.2) is 42.7 Å². The van der Waals surface area contributed by atoms with Crippen molar-refractivity contribution in [1.29, 1.82) is 0 Å². The van der Waals surface area contributed by atoms with E-state index in [1.165, 1.54) is 29.1 Å². The molecule has 1 fully saturated rings. The molecular weight excluding hydrogens is 498 g/mol. The number of carbonyl (C=O) groups excluding carboxylic acids is 2. The van der Waals surface area contributed by atoms with Crippen LogP contribution in [-0.4, -0.2) is 89.5 Å². The minimum absolute atomic E-state index is 0.0297. The molecule has 5 N–H and O–H groups in total. The van der Waals surface area contributed by atoms with Crippen LogP contribution in [0.4, 0.5) is 22.0 Å². The molecule has 1 atom stereocenters. The van der Waals surface area contributed by atoms with Crippen LogP contribution in [0.1, 0.15) is 16.9 Å². The summed E-state index contributed by atoms with van der Waals surface area (Å²) in [7, 11) is 3.19. The highest BCUT2D eigenvalue weighted by Gasteiger charge is 2.36. The van der Waals surface area contributed by atoms with Gasteiger partial charge in [0.1, 0.15) is 6.33 Å². The normalized spacial score (nSPS) is 17.0. The van der Waals surface area contributed by atoms with E-state index < -0.39 is 12.0 Å². The number of hydrogen-bond acceptors (Lipinski definition) is 11. The molecule has 15 nitrogen and oxygen atoms in total. The quantitative estimate of drug-likeness (QED) is 0.196. The Hall–Kier alpha value is -4.60. The van der Waals surface area contributed by atoms with Gasteiger partial charge in [0.2, 0.25) is 0 Å². The fraction of sp³-hybridized carbons (Fsp3) is 0.304. The van der Waals surface area contributed by atoms with Crippen LogP contribution < -0.4 is 20.3 Å². The number of benzene rings is 1. The molecule has 15 heteroatoms. The lowest BCUT2D eigenvalue weighted by molar-refractivity contribution is -0.323. The van der Waals surface area contributed by atoms with E-state index in [1.54, 1.807) is 35.5 Å². The number of urea groups is 1. The molecule has 3 heterocycles. The third kappa shape index (κ3) is 4.84. The smallest absolute Gasteiger partial charge is 0.369 e. The lowest BCUT2D eigenvalue weighted by Gasteiger charge is -2.28. The van der Waals surface area contributed by atoms with E-state index in [-0.39, 0.29) is 29.3 Å². The van der Waals surface area contributed by atoms with E-state index >= 15 is 0 Å². The molecule has 2 aromatic heterocycles. The van der Waals surface area contributed by atoms with Gasteiger partial charge in [-0.3, -0.25) is 19.7 Å². The SMILES string of the molecule is COc1c(Nc2cc(N3CCN(C4C=CC4)C3=O)nnc2C(=O)NC(O)(O)O)cccc1-c1ncn(C)n1. The minimum atomic E-state index is -3.49. The van der Waals surface area contributed by atoms with Gasteiger partial charge in [0.15, 0.2) is 23.1 Å². The van der Waals surface area contributed by atoms with Gasteiger partial charge in [-0.1, -0.05) is 18.2 Å². The summed E-state index contributed by atoms with van der Waals surface area (Å²) in [5.74, 6) is -0.221. The van der Waals surface area contributed by atoms with Crippen molar-refractivity contribution in [3.05, 3.63) is 48.4 Å². The molecule has 1 aliphatic carbocycles. The van der Waals surface area contributed by atoms with Crippen LogP contribution in [0.25, 0.3) is 11.4 Å². The molecule has 1 aliphatic heterocycles. The lowest BCUT2D eigenvalue weighted by Crippen LogP contribution is -2.48. The van der Waals surface area contributed by atoms with Gasteiger partial charge >= 0.3 is 12.1 Å². The van der Waals surface area contributed by atoms with Crippen molar-refractivity contribution in [3.8, 4) is 17.1 Å². The van der Waals surface area contributed by atoms with Gasteiger partial charge < -0.3 is 30.3 Å². The molecule has 198 valence electrons. The van der Waals surface area contributed by atoms with Crippen molar-refractivity contribution in [2.45, 2.75) is 18.6 Å². The van der Waals surface area contributed by atoms with E-state index in [0.717, 1.165) is 6.42 Å². The molecule has 2 aliphatic rings. The van der Waals surface area contributed by atoms with E-state index in [0.29, 0.717) is 35.9 Å². The first kappa shape index (κ1) is 25.1. The van der Waals surface area contributed by atoms with Gasteiger partial charge in [-0.2, -0.15) is 5.10 Å². The highest BCUT2D eigenvalue weighted by Crippen LogP contribution is 2.37. The first-order valence-electron chi connectivity index (χ1n) is 11.6. The summed E-state index contributed by atoms with van der Waals surface area (Å²) in [6.07, 6.45) is 2.77. The first-order valence-corrected chi connectivity index (χ1v) is 11.6. The number of nitrogens with one attached hydrogen (secondary N) is 2. The number of aliphatic hydroxyl groups is 3. The molecule has 0 bridgehead atoms. The molecule has 1 unspecified atom stereocenters. The Kier molecular flexibility index (Phi) is 6.40. The maximum Gasteiger partial charge on any atom is 0.369 e. The molecule has 0 spiro atoms. The molecule has 0 radical (unpaired) electrons. The van der Waals surface area contributed by atoms with Crippen LogP contribution in [0.2, 0.25) is 0 Å². The number of ether oxygens (including phenoxy) is 1. The minimum Gasteiger partial charge on any atom is -0.494 e. The molecule has 3 amide bonds. The molecule has 38 heavy (non-hydrogen) atoms. The summed E-state index contributed by atoms with van der Waals surface area (Å²) < 4.78 is 7.15.